The van der Waals surface area contributed by atoms with Crippen LogP contribution in [0, 0.1) is 0 Å². The van der Waals surface area contributed by atoms with Crippen LogP contribution in [0.1, 0.15) is 10.7 Å². The number of nitrogens with one attached hydrogen (secondary N) is 2. The lowest BCUT2D eigenvalue weighted by atomic mass is 10.0. The normalized spacial score (nSPS) is 27.5. The second kappa shape index (κ2) is 8.56. The van der Waals surface area contributed by atoms with Crippen molar-refractivity contribution in [2.24, 2.45) is 4.99 Å². The Bertz CT molecular complexity index is 1050. The minimum absolute atomic E-state index is 0.0378. The van der Waals surface area contributed by atoms with Gasteiger partial charge in [0.2, 0.25) is 5.88 Å². The van der Waals surface area contributed by atoms with Gasteiger partial charge in [-0.25, -0.2) is 9.78 Å². The van der Waals surface area contributed by atoms with Crippen LogP contribution in [0.25, 0.3) is 0 Å². The van der Waals surface area contributed by atoms with Gasteiger partial charge in [0.1, 0.15) is 0 Å². The number of amides is 3. The molecule has 1 aromatic heterocycles. The minimum atomic E-state index is -0.495. The fourth-order valence-electron chi connectivity index (χ4n) is 4.34. The number of anilines is 1. The predicted molar refractivity (Wildman–Crippen MR) is 119 cm³/mol. The first-order valence-electron chi connectivity index (χ1n) is 10.7. The highest BCUT2D eigenvalue weighted by molar-refractivity contribution is 5.98. The monoisotopic (exact) mass is 435 g/mol. The number of likely N-dealkylation sites (N-methyl/N-ethyl adjacent to an activating group) is 1. The summed E-state index contributed by atoms with van der Waals surface area (Å²) in [6, 6.07) is -0.459. The Kier molecular flexibility index (Phi) is 5.46. The maximum Gasteiger partial charge on any atom is 0.327 e. The molecule has 0 saturated carbocycles. The molecule has 0 bridgehead atoms. The first kappa shape index (κ1) is 20.4. The third kappa shape index (κ3) is 3.78. The van der Waals surface area contributed by atoms with E-state index in [-0.39, 0.29) is 35.9 Å². The summed E-state index contributed by atoms with van der Waals surface area (Å²) in [5.41, 5.74) is 0.570. The fourth-order valence-corrected chi connectivity index (χ4v) is 4.34. The van der Waals surface area contributed by atoms with Crippen molar-refractivity contribution in [1.82, 2.24) is 25.4 Å². The summed E-state index contributed by atoms with van der Waals surface area (Å²) in [4.78, 5) is 39.4. The van der Waals surface area contributed by atoms with E-state index in [9.17, 15) is 9.59 Å². The highest BCUT2D eigenvalue weighted by Gasteiger charge is 2.44. The van der Waals surface area contributed by atoms with E-state index < -0.39 is 5.91 Å². The van der Waals surface area contributed by atoms with Crippen LogP contribution in [0.5, 0.6) is 0 Å². The minimum Gasteiger partial charge on any atom is -0.416 e. The molecule has 0 aromatic carbocycles. The Morgan fingerprint density at radius 2 is 1.97 bits per heavy atom. The number of allylic oxidation sites excluding steroid dienone is 3. The summed E-state index contributed by atoms with van der Waals surface area (Å²) < 4.78 is 5.70. The summed E-state index contributed by atoms with van der Waals surface area (Å²) in [5, 5.41) is 6.16. The van der Waals surface area contributed by atoms with Crippen LogP contribution < -0.4 is 15.5 Å². The van der Waals surface area contributed by atoms with Crippen molar-refractivity contribution in [1.29, 1.82) is 0 Å². The third-order valence-electron chi connectivity index (χ3n) is 6.02. The molecule has 0 radical (unpaired) electrons. The largest absolute Gasteiger partial charge is 0.416 e. The second-order valence-electron chi connectivity index (χ2n) is 7.99. The van der Waals surface area contributed by atoms with E-state index in [2.05, 4.69) is 25.5 Å². The first-order chi connectivity index (χ1) is 15.6. The van der Waals surface area contributed by atoms with E-state index >= 15 is 0 Å². The average molecular weight is 435 g/mol. The maximum absolute atomic E-state index is 12.8. The molecule has 32 heavy (non-hydrogen) atoms. The topological polar surface area (TPSA) is 106 Å². The highest BCUT2D eigenvalue weighted by Crippen LogP contribution is 2.31. The van der Waals surface area contributed by atoms with Crippen LogP contribution in [0.2, 0.25) is 0 Å². The molecule has 4 aliphatic rings. The molecule has 3 atom stereocenters. The van der Waals surface area contributed by atoms with Crippen molar-refractivity contribution in [3.05, 3.63) is 60.4 Å². The molecule has 2 fully saturated rings. The number of piperazine rings is 1. The van der Waals surface area contributed by atoms with E-state index in [0.29, 0.717) is 5.70 Å². The Hall–Kier alpha value is -3.50. The lowest BCUT2D eigenvalue weighted by molar-refractivity contribution is 0.0934. The molecule has 10 heteroatoms. The van der Waals surface area contributed by atoms with Gasteiger partial charge in [-0.3, -0.25) is 19.6 Å². The van der Waals surface area contributed by atoms with Gasteiger partial charge >= 0.3 is 11.9 Å². The van der Waals surface area contributed by atoms with E-state index in [0.717, 1.165) is 26.2 Å². The van der Waals surface area contributed by atoms with Crippen LogP contribution in [-0.4, -0.2) is 84.3 Å². The summed E-state index contributed by atoms with van der Waals surface area (Å²) in [7, 11) is 1.74. The number of fused-ring (bicyclic) bond motifs is 1. The lowest BCUT2D eigenvalue weighted by Gasteiger charge is -2.31. The molecule has 0 spiro atoms. The zero-order valence-corrected chi connectivity index (χ0v) is 17.7. The Morgan fingerprint density at radius 3 is 2.78 bits per heavy atom. The van der Waals surface area contributed by atoms with Crippen molar-refractivity contribution < 1.29 is 14.0 Å². The molecule has 5 rings (SSSR count). The number of carbonyl (C=O) groups excluding carboxylic acids is 2. The summed E-state index contributed by atoms with van der Waals surface area (Å²) in [6.07, 6.45) is 16.4. The van der Waals surface area contributed by atoms with Gasteiger partial charge in [-0.2, -0.15) is 0 Å². The molecule has 3 amide bonds. The summed E-state index contributed by atoms with van der Waals surface area (Å²) >= 11 is 0. The van der Waals surface area contributed by atoms with Gasteiger partial charge in [0, 0.05) is 39.4 Å². The number of hydrogen-bond donors (Lipinski definition) is 2. The van der Waals surface area contributed by atoms with Gasteiger partial charge in [0.15, 0.2) is 0 Å². The Labute approximate surface area is 185 Å². The van der Waals surface area contributed by atoms with Crippen molar-refractivity contribution in [2.45, 2.75) is 18.1 Å². The molecule has 2 saturated heterocycles. The molecular formula is C22H25N7O3. The summed E-state index contributed by atoms with van der Waals surface area (Å²) in [6.45, 7) is 3.69. The number of aliphatic imine (C=N–C) groups is 1. The van der Waals surface area contributed by atoms with Crippen LogP contribution in [0.3, 0.4) is 0 Å². The first-order valence-corrected chi connectivity index (χ1v) is 10.7. The zero-order chi connectivity index (χ0) is 22.1. The average Bonchev–Trinajstić information content (AvgIpc) is 3.30. The van der Waals surface area contributed by atoms with Gasteiger partial charge in [0.05, 0.1) is 36.2 Å². The molecule has 166 valence electrons. The number of aromatic nitrogens is 1. The van der Waals surface area contributed by atoms with Gasteiger partial charge in [-0.15, -0.1) is 0 Å². The maximum atomic E-state index is 12.8. The fraction of sp³-hybridized carbons (Fsp3) is 0.364. The van der Waals surface area contributed by atoms with Gasteiger partial charge in [-0.1, -0.05) is 24.3 Å². The van der Waals surface area contributed by atoms with Gasteiger partial charge in [0.25, 0.3) is 5.89 Å². The van der Waals surface area contributed by atoms with Crippen molar-refractivity contribution in [3.8, 4) is 0 Å². The predicted octanol–water partition coefficient (Wildman–Crippen LogP) is 0.895. The van der Waals surface area contributed by atoms with E-state index in [4.69, 9.17) is 4.42 Å². The molecular weight excluding hydrogens is 410 g/mol. The standard InChI is InChI=1S/C22H25N7O3/c1-27-17-4-2-3-5-18(17)29(22(27)31)19-14-25-21(32-19)20(30)26-15-12-16(6-7-24-13-15)28-10-8-23-9-11-28/h2-7,12-14,16-18,23H,8-11H2,1H3,(H,26,30). The van der Waals surface area contributed by atoms with Crippen LogP contribution in [0.4, 0.5) is 10.7 Å². The molecule has 4 heterocycles. The van der Waals surface area contributed by atoms with Crippen LogP contribution >= 0.6 is 0 Å². The molecule has 1 aromatic rings. The number of carbonyl (C=O) groups is 2. The quantitative estimate of drug-likeness (QED) is 0.728. The number of rotatable bonds is 4. The molecule has 3 aliphatic heterocycles. The molecule has 10 nitrogen and oxygen atoms in total. The van der Waals surface area contributed by atoms with Crippen LogP contribution in [-0.2, 0) is 0 Å². The number of nitrogens with zero attached hydrogens (tertiary/aromatic N) is 5. The van der Waals surface area contributed by atoms with Crippen molar-refractivity contribution in [3.63, 3.8) is 0 Å². The Balaban J connectivity index is 1.31. The second-order valence-corrected chi connectivity index (χ2v) is 7.99. The molecule has 3 unspecified atom stereocenters. The number of urea groups is 1. The van der Waals surface area contributed by atoms with Crippen molar-refractivity contribution in [2.75, 3.05) is 38.1 Å². The Morgan fingerprint density at radius 1 is 1.19 bits per heavy atom. The zero-order valence-electron chi connectivity index (χ0n) is 17.7. The lowest BCUT2D eigenvalue weighted by Crippen LogP contribution is -2.47. The van der Waals surface area contributed by atoms with Crippen LogP contribution in [0.15, 0.2) is 64.0 Å². The third-order valence-corrected chi connectivity index (χ3v) is 6.02. The van der Waals surface area contributed by atoms with E-state index in [1.807, 2.05) is 36.5 Å². The SMILES string of the molecule is CN1C(=O)N(c2cnc(C(=O)NC3=CC(N4CCNCC4)C=CN=C3)o2)C2C=CC=CC21. The van der Waals surface area contributed by atoms with E-state index in [1.54, 1.807) is 24.4 Å². The van der Waals surface area contributed by atoms with E-state index in [1.165, 1.54) is 11.1 Å². The van der Waals surface area contributed by atoms with Crippen molar-refractivity contribution >= 4 is 24.0 Å². The van der Waals surface area contributed by atoms with Gasteiger partial charge in [-0.05, 0) is 12.2 Å². The number of oxazole rings is 1. The molecule has 1 aliphatic carbocycles. The summed E-state index contributed by atoms with van der Waals surface area (Å²) in [5.74, 6) is -0.367. The smallest absolute Gasteiger partial charge is 0.327 e. The molecule has 2 N–H and O–H groups in total. The highest BCUT2D eigenvalue weighted by atomic mass is 16.4. The van der Waals surface area contributed by atoms with Gasteiger partial charge < -0.3 is 20.0 Å². The number of hydrogen-bond acceptors (Lipinski definition) is 7.